The van der Waals surface area contributed by atoms with Crippen molar-refractivity contribution in [2.45, 2.75) is 136 Å². The highest BCUT2D eigenvalue weighted by Crippen LogP contribution is 2.19. The van der Waals surface area contributed by atoms with Gasteiger partial charge in [-0.15, -0.1) is 0 Å². The number of cyclic esters (lactones) is 2. The number of benzene rings is 1. The molecular formula is C44H65N7O15. The van der Waals surface area contributed by atoms with Gasteiger partial charge in [0.05, 0.1) is 12.2 Å². The summed E-state index contributed by atoms with van der Waals surface area (Å²) in [6.07, 6.45) is -7.68. The number of carbonyl (C=O) groups excluding carboxylic acids is 10. The van der Waals surface area contributed by atoms with E-state index < -0.39 is 138 Å². The average Bonchev–Trinajstić information content (AvgIpc) is 3.26. The second-order valence-corrected chi connectivity index (χ2v) is 16.5. The van der Waals surface area contributed by atoms with Gasteiger partial charge in [-0.05, 0) is 46.1 Å². The van der Waals surface area contributed by atoms with Gasteiger partial charge in [-0.3, -0.25) is 33.6 Å². The predicted molar refractivity (Wildman–Crippen MR) is 234 cm³/mol. The molecule has 1 fully saturated rings. The van der Waals surface area contributed by atoms with Crippen molar-refractivity contribution in [1.82, 2.24) is 36.0 Å². The molecule has 1 aliphatic rings. The van der Waals surface area contributed by atoms with Crippen LogP contribution in [0.3, 0.4) is 0 Å². The van der Waals surface area contributed by atoms with Gasteiger partial charge in [0.25, 0.3) is 11.8 Å². The Balaban J connectivity index is 2.82. The third-order valence-electron chi connectivity index (χ3n) is 11.0. The third kappa shape index (κ3) is 14.8. The van der Waals surface area contributed by atoms with E-state index in [0.29, 0.717) is 5.56 Å². The Kier molecular flexibility index (Phi) is 20.9. The summed E-state index contributed by atoms with van der Waals surface area (Å²) in [5, 5.41) is 20.4. The lowest BCUT2D eigenvalue weighted by Crippen LogP contribution is -2.62. The Morgan fingerprint density at radius 1 is 0.818 bits per heavy atom. The van der Waals surface area contributed by atoms with Crippen LogP contribution in [0.25, 0.3) is 0 Å². The number of carbonyl (C=O) groups is 10. The first kappa shape index (κ1) is 55.7. The fourth-order valence-electron chi connectivity index (χ4n) is 6.66. The summed E-state index contributed by atoms with van der Waals surface area (Å²) in [4.78, 5) is 139. The minimum absolute atomic E-state index is 0.229. The van der Waals surface area contributed by atoms with E-state index in [1.807, 2.05) is 0 Å². The lowest BCUT2D eigenvalue weighted by Gasteiger charge is -2.36. The number of likely N-dealkylation sites (N-methyl/N-ethyl adjacent to an activating group) is 3. The van der Waals surface area contributed by atoms with E-state index in [9.17, 15) is 53.1 Å². The summed E-state index contributed by atoms with van der Waals surface area (Å²) < 4.78 is 22.5. The number of nitrogens with zero attached hydrogens (tertiary/aromatic N) is 3. The number of hydrogen-bond acceptors (Lipinski definition) is 15. The molecule has 0 spiro atoms. The maximum Gasteiger partial charge on any atom is 0.333 e. The number of hydrogen-bond donors (Lipinski definition) is 5. The highest BCUT2D eigenvalue weighted by Gasteiger charge is 2.44. The van der Waals surface area contributed by atoms with Crippen molar-refractivity contribution < 1.29 is 72.0 Å². The zero-order chi connectivity index (χ0) is 50.5. The van der Waals surface area contributed by atoms with Crippen LogP contribution in [-0.4, -0.2) is 174 Å². The van der Waals surface area contributed by atoms with Crippen molar-refractivity contribution in [3.63, 3.8) is 0 Å². The summed E-state index contributed by atoms with van der Waals surface area (Å²) in [5.41, 5.74) is 0.0516. The van der Waals surface area contributed by atoms with Gasteiger partial charge < -0.3 is 60.0 Å². The van der Waals surface area contributed by atoms with Gasteiger partial charge >= 0.3 is 17.9 Å². The number of ether oxygens (including phenoxy) is 4. The standard InChI is InChI=1S/C44H65N7O15/c1-21(2)36(54)34(47-29(10)53)43(61)64-25(6)32-41(59)51(13)35(27(8)63-14)44(62)65-26(7)33(46-28(9)52)42(60)66-31(20-30-18-16-15-17-19-30)40(58)50(12)23(4)37(55)45-22(3)39(57)49(11)24(5)38(56)48-32/h15-19,21-22,24-27,31-36,54H,4,20H2,1-3,5-14H3,(H,45,55)(H,46,52)(H,47,53)(H,48,56)/t22-,24-,25+,26+,27+,31+,32-,33-,34-,35-,36+/m0/s1. The van der Waals surface area contributed by atoms with Gasteiger partial charge in [0.2, 0.25) is 29.5 Å². The first-order valence-electron chi connectivity index (χ1n) is 21.2. The molecule has 22 heteroatoms. The van der Waals surface area contributed by atoms with Gasteiger partial charge in [-0.25, -0.2) is 14.4 Å². The van der Waals surface area contributed by atoms with Gasteiger partial charge in [0.15, 0.2) is 24.2 Å². The van der Waals surface area contributed by atoms with E-state index in [1.165, 1.54) is 55.8 Å². The molecular weight excluding hydrogens is 867 g/mol. The van der Waals surface area contributed by atoms with Crippen LogP contribution < -0.4 is 21.3 Å². The molecule has 1 aromatic carbocycles. The topological polar surface area (TPSA) is 286 Å². The maximum absolute atomic E-state index is 14.6. The van der Waals surface area contributed by atoms with Crippen LogP contribution in [-0.2, 0) is 73.3 Å². The molecule has 1 heterocycles. The normalized spacial score (nSPS) is 25.5. The van der Waals surface area contributed by atoms with Crippen LogP contribution in [0.2, 0.25) is 0 Å². The zero-order valence-electron chi connectivity index (χ0n) is 39.7. The molecule has 0 unspecified atom stereocenters. The lowest BCUT2D eigenvalue weighted by atomic mass is 9.99. The van der Waals surface area contributed by atoms with Gasteiger partial charge in [-0.1, -0.05) is 50.8 Å². The average molecular weight is 932 g/mol. The summed E-state index contributed by atoms with van der Waals surface area (Å²) in [6, 6.07) is -1.28. The molecule has 7 amide bonds. The fraction of sp³-hybridized carbons (Fsp3) is 0.591. The third-order valence-corrected chi connectivity index (χ3v) is 11.0. The molecule has 1 aromatic rings. The van der Waals surface area contributed by atoms with Crippen LogP contribution in [0, 0.1) is 5.92 Å². The smallest absolute Gasteiger partial charge is 0.333 e. The van der Waals surface area contributed by atoms with Crippen molar-refractivity contribution in [3.05, 3.63) is 48.2 Å². The highest BCUT2D eigenvalue weighted by atomic mass is 16.6. The number of aliphatic hydroxyl groups excluding tert-OH is 1. The molecule has 0 aliphatic carbocycles. The highest BCUT2D eigenvalue weighted by molar-refractivity contribution is 6.01. The molecule has 1 aliphatic heterocycles. The number of esters is 3. The second-order valence-electron chi connectivity index (χ2n) is 16.5. The van der Waals surface area contributed by atoms with Gasteiger partial charge in [-0.2, -0.15) is 0 Å². The lowest BCUT2D eigenvalue weighted by molar-refractivity contribution is -0.173. The van der Waals surface area contributed by atoms with Crippen LogP contribution in [0.5, 0.6) is 0 Å². The first-order chi connectivity index (χ1) is 30.7. The summed E-state index contributed by atoms with van der Waals surface area (Å²) >= 11 is 0. The Labute approximate surface area is 384 Å². The minimum atomic E-state index is -1.85. The Morgan fingerprint density at radius 3 is 1.94 bits per heavy atom. The van der Waals surface area contributed by atoms with Crippen molar-refractivity contribution in [2.24, 2.45) is 5.92 Å². The van der Waals surface area contributed by atoms with E-state index in [2.05, 4.69) is 27.8 Å². The van der Waals surface area contributed by atoms with E-state index in [1.54, 1.807) is 44.2 Å². The van der Waals surface area contributed by atoms with Crippen molar-refractivity contribution in [2.75, 3.05) is 28.3 Å². The van der Waals surface area contributed by atoms with E-state index in [4.69, 9.17) is 18.9 Å². The van der Waals surface area contributed by atoms with Crippen molar-refractivity contribution in [1.29, 1.82) is 0 Å². The molecule has 11 atom stereocenters. The zero-order valence-corrected chi connectivity index (χ0v) is 39.7. The SMILES string of the molecule is C=C1C(=O)N[C@@H](C)C(=O)N(C)[C@@H](C)C(=O)N[C@@H]([C@@H](C)OC(=O)[C@@H](NC(C)=O)[C@H](O)C(C)C)C(=O)N(C)[C@@H]([C@@H](C)OC)C(=O)O[C@H](C)[C@H](NC(C)=O)C(=O)O[C@H](Cc2ccccc2)C(=O)N1C. The summed E-state index contributed by atoms with van der Waals surface area (Å²) in [7, 11) is 4.79. The largest absolute Gasteiger partial charge is 0.458 e. The molecule has 2 rings (SSSR count). The number of rotatable bonds is 11. The van der Waals surface area contributed by atoms with E-state index >= 15 is 0 Å². The molecule has 22 nitrogen and oxygen atoms in total. The van der Waals surface area contributed by atoms with Crippen LogP contribution in [0.4, 0.5) is 0 Å². The quantitative estimate of drug-likeness (QED) is 0.0981. The molecule has 0 radical (unpaired) electrons. The van der Waals surface area contributed by atoms with Crippen LogP contribution in [0.15, 0.2) is 42.6 Å². The Hall–Kier alpha value is -6.42. The molecule has 0 aromatic heterocycles. The molecule has 0 saturated carbocycles. The van der Waals surface area contributed by atoms with E-state index in [-0.39, 0.29) is 6.42 Å². The van der Waals surface area contributed by atoms with Crippen molar-refractivity contribution >= 4 is 59.3 Å². The number of amides is 7. The molecule has 66 heavy (non-hydrogen) atoms. The van der Waals surface area contributed by atoms with Crippen LogP contribution >= 0.6 is 0 Å². The monoisotopic (exact) mass is 931 g/mol. The fourth-order valence-corrected chi connectivity index (χ4v) is 6.66. The maximum atomic E-state index is 14.6. The summed E-state index contributed by atoms with van der Waals surface area (Å²) in [6.45, 7) is 15.5. The Morgan fingerprint density at radius 2 is 1.41 bits per heavy atom. The predicted octanol–water partition coefficient (Wildman–Crippen LogP) is -1.29. The molecule has 0 bridgehead atoms. The number of aliphatic hydroxyl groups is 1. The second kappa shape index (κ2) is 24.8. The number of nitrogens with one attached hydrogen (secondary N) is 4. The molecule has 366 valence electrons. The molecule has 1 saturated heterocycles. The minimum Gasteiger partial charge on any atom is -0.458 e. The van der Waals surface area contributed by atoms with Gasteiger partial charge in [0.1, 0.15) is 36.0 Å². The van der Waals surface area contributed by atoms with Gasteiger partial charge in [0, 0.05) is 48.5 Å². The van der Waals surface area contributed by atoms with E-state index in [0.717, 1.165) is 35.6 Å². The molecule has 5 N–H and O–H groups in total. The number of methoxy groups -OCH3 is 1. The van der Waals surface area contributed by atoms with Crippen molar-refractivity contribution in [3.8, 4) is 0 Å². The Bertz CT molecular complexity index is 1980. The summed E-state index contributed by atoms with van der Waals surface area (Å²) in [5.74, 6) is -10.4. The first-order valence-corrected chi connectivity index (χ1v) is 21.2. The van der Waals surface area contributed by atoms with Crippen LogP contribution in [0.1, 0.15) is 67.9 Å².